The van der Waals surface area contributed by atoms with Crippen LogP contribution < -0.4 is 15.6 Å². The van der Waals surface area contributed by atoms with E-state index in [2.05, 4.69) is 140 Å². The first-order valence-corrected chi connectivity index (χ1v) is 12.3. The minimum absolute atomic E-state index is 1.07. The van der Waals surface area contributed by atoms with Crippen molar-refractivity contribution in [2.45, 2.75) is 6.92 Å². The van der Waals surface area contributed by atoms with Gasteiger partial charge in [-0.05, 0) is 28.0 Å². The molecule has 0 bridgehead atoms. The molecule has 0 nitrogen and oxygen atoms in total. The second kappa shape index (κ2) is 9.26. The zero-order chi connectivity index (χ0) is 20.7. The molecule has 0 heterocycles. The van der Waals surface area contributed by atoms with Crippen LogP contribution in [0.4, 0.5) is 0 Å². The predicted octanol–water partition coefficient (Wildman–Crippen LogP) is 4.80. The standard InChI is InChI=1S/C29H24Si/c1-2-25(26-15-7-3-8-16-26)23-24-30(27-17-9-4-10-18-27,28-19-11-5-12-20-28)29-21-13-6-14-22-29/h2-22H,1H3/b25-2-. The summed E-state index contributed by atoms with van der Waals surface area (Å²) in [6.45, 7) is 2.06. The zero-order valence-corrected chi connectivity index (χ0v) is 18.1. The zero-order valence-electron chi connectivity index (χ0n) is 17.1. The molecule has 0 spiro atoms. The molecule has 0 aromatic heterocycles. The van der Waals surface area contributed by atoms with Crippen molar-refractivity contribution in [2.24, 2.45) is 0 Å². The van der Waals surface area contributed by atoms with Gasteiger partial charge in [-0.2, -0.15) is 0 Å². The monoisotopic (exact) mass is 400 g/mol. The average Bonchev–Trinajstić information content (AvgIpc) is 2.84. The largest absolute Gasteiger partial charge is 0.230 e. The SMILES string of the molecule is C/C=C(/C#C[Si](c1ccccc1)(c1ccccc1)c1ccccc1)c1ccccc1. The Morgan fingerprint density at radius 2 is 0.933 bits per heavy atom. The molecule has 0 radical (unpaired) electrons. The summed E-state index contributed by atoms with van der Waals surface area (Å²) in [7, 11) is -2.54. The maximum absolute atomic E-state index is 3.85. The minimum atomic E-state index is -2.54. The third-order valence-corrected chi connectivity index (χ3v) is 9.48. The summed E-state index contributed by atoms with van der Waals surface area (Å²) >= 11 is 0. The molecule has 0 aliphatic heterocycles. The van der Waals surface area contributed by atoms with E-state index in [0.29, 0.717) is 0 Å². The summed E-state index contributed by atoms with van der Waals surface area (Å²) in [4.78, 5) is 0. The van der Waals surface area contributed by atoms with E-state index in [4.69, 9.17) is 0 Å². The molecule has 4 aromatic carbocycles. The van der Waals surface area contributed by atoms with Crippen LogP contribution in [0.2, 0.25) is 0 Å². The Hall–Kier alpha value is -3.60. The third kappa shape index (κ3) is 3.92. The summed E-state index contributed by atoms with van der Waals surface area (Å²) in [5.41, 5.74) is 6.07. The highest BCUT2D eigenvalue weighted by molar-refractivity contribution is 7.16. The second-order valence-corrected chi connectivity index (χ2v) is 10.6. The van der Waals surface area contributed by atoms with Crippen LogP contribution in [-0.4, -0.2) is 8.07 Å². The molecule has 0 amide bonds. The molecule has 1 heteroatoms. The van der Waals surface area contributed by atoms with Crippen molar-refractivity contribution in [1.82, 2.24) is 0 Å². The van der Waals surface area contributed by atoms with Gasteiger partial charge in [0, 0.05) is 5.57 Å². The van der Waals surface area contributed by atoms with Gasteiger partial charge < -0.3 is 0 Å². The maximum Gasteiger partial charge on any atom is 0.230 e. The van der Waals surface area contributed by atoms with Crippen LogP contribution >= 0.6 is 0 Å². The van der Waals surface area contributed by atoms with Gasteiger partial charge in [-0.25, -0.2) is 0 Å². The molecule has 0 unspecified atom stereocenters. The van der Waals surface area contributed by atoms with E-state index in [0.717, 1.165) is 11.1 Å². The second-order valence-electron chi connectivity index (χ2n) is 7.17. The van der Waals surface area contributed by atoms with Crippen molar-refractivity contribution < 1.29 is 0 Å². The Labute approximate surface area is 180 Å². The van der Waals surface area contributed by atoms with E-state index in [1.807, 2.05) is 6.07 Å². The molecule has 0 atom stereocenters. The highest BCUT2D eigenvalue weighted by atomic mass is 28.3. The lowest BCUT2D eigenvalue weighted by Gasteiger charge is -2.28. The van der Waals surface area contributed by atoms with Crippen LogP contribution in [0.1, 0.15) is 12.5 Å². The van der Waals surface area contributed by atoms with Gasteiger partial charge in [0.25, 0.3) is 0 Å². The Bertz CT molecular complexity index is 1070. The smallest absolute Gasteiger partial charge is 0.109 e. The first kappa shape index (κ1) is 19.7. The number of allylic oxidation sites excluding steroid dienone is 2. The van der Waals surface area contributed by atoms with E-state index in [1.54, 1.807) is 0 Å². The quantitative estimate of drug-likeness (QED) is 0.262. The lowest BCUT2D eigenvalue weighted by atomic mass is 10.1. The van der Waals surface area contributed by atoms with Gasteiger partial charge in [-0.3, -0.25) is 0 Å². The van der Waals surface area contributed by atoms with Crippen molar-refractivity contribution in [2.75, 3.05) is 0 Å². The summed E-state index contributed by atoms with van der Waals surface area (Å²) in [6.07, 6.45) is 2.11. The summed E-state index contributed by atoms with van der Waals surface area (Å²) in [5.74, 6) is 3.59. The summed E-state index contributed by atoms with van der Waals surface area (Å²) in [6, 6.07) is 42.8. The normalized spacial score (nSPS) is 11.4. The van der Waals surface area contributed by atoms with Gasteiger partial charge in [0.15, 0.2) is 0 Å². The van der Waals surface area contributed by atoms with Crippen LogP contribution in [0.15, 0.2) is 127 Å². The van der Waals surface area contributed by atoms with E-state index < -0.39 is 8.07 Å². The van der Waals surface area contributed by atoms with E-state index in [-0.39, 0.29) is 0 Å². The van der Waals surface area contributed by atoms with Gasteiger partial charge >= 0.3 is 0 Å². The predicted molar refractivity (Wildman–Crippen MR) is 132 cm³/mol. The topological polar surface area (TPSA) is 0 Å². The number of benzene rings is 4. The van der Waals surface area contributed by atoms with Crippen molar-refractivity contribution in [3.63, 3.8) is 0 Å². The Morgan fingerprint density at radius 3 is 1.30 bits per heavy atom. The molecule has 4 rings (SSSR count). The third-order valence-electron chi connectivity index (χ3n) is 5.38. The van der Waals surface area contributed by atoms with E-state index in [9.17, 15) is 0 Å². The lowest BCUT2D eigenvalue weighted by Crippen LogP contribution is -2.66. The summed E-state index contributed by atoms with van der Waals surface area (Å²) in [5, 5.41) is 3.91. The van der Waals surface area contributed by atoms with Gasteiger partial charge in [0.2, 0.25) is 8.07 Å². The van der Waals surface area contributed by atoms with Crippen LogP contribution in [0.3, 0.4) is 0 Å². The molecule has 4 aromatic rings. The number of rotatable bonds is 4. The van der Waals surface area contributed by atoms with E-state index >= 15 is 0 Å². The first-order valence-electron chi connectivity index (χ1n) is 10.3. The van der Waals surface area contributed by atoms with Crippen LogP contribution in [0, 0.1) is 11.5 Å². The molecule has 0 saturated heterocycles. The Morgan fingerprint density at radius 1 is 0.567 bits per heavy atom. The van der Waals surface area contributed by atoms with Crippen molar-refractivity contribution in [1.29, 1.82) is 0 Å². The van der Waals surface area contributed by atoms with Crippen LogP contribution in [-0.2, 0) is 0 Å². The lowest BCUT2D eigenvalue weighted by molar-refractivity contribution is 1.61. The highest BCUT2D eigenvalue weighted by Gasteiger charge is 2.38. The van der Waals surface area contributed by atoms with Crippen molar-refractivity contribution >= 4 is 29.2 Å². The molecular weight excluding hydrogens is 376 g/mol. The molecule has 0 aliphatic rings. The first-order chi connectivity index (χ1) is 14.8. The Kier molecular flexibility index (Phi) is 6.08. The molecule has 144 valence electrons. The Balaban J connectivity index is 2.00. The molecule has 0 aliphatic carbocycles. The molecule has 0 fully saturated rings. The van der Waals surface area contributed by atoms with Crippen molar-refractivity contribution in [3.05, 3.63) is 133 Å². The fourth-order valence-corrected chi connectivity index (χ4v) is 7.70. The number of hydrogen-bond acceptors (Lipinski definition) is 0. The van der Waals surface area contributed by atoms with Crippen LogP contribution in [0.5, 0.6) is 0 Å². The molecule has 0 N–H and O–H groups in total. The number of hydrogen-bond donors (Lipinski definition) is 0. The average molecular weight is 401 g/mol. The van der Waals surface area contributed by atoms with Crippen LogP contribution in [0.25, 0.3) is 5.57 Å². The van der Waals surface area contributed by atoms with Crippen molar-refractivity contribution in [3.8, 4) is 11.5 Å². The molecule has 0 saturated carbocycles. The van der Waals surface area contributed by atoms with Gasteiger partial charge in [0.1, 0.15) is 0 Å². The minimum Gasteiger partial charge on any atom is -0.109 e. The fraction of sp³-hybridized carbons (Fsp3) is 0.0345. The van der Waals surface area contributed by atoms with Gasteiger partial charge in [-0.15, -0.1) is 5.54 Å². The fourth-order valence-electron chi connectivity index (χ4n) is 3.87. The van der Waals surface area contributed by atoms with Gasteiger partial charge in [0.05, 0.1) is 0 Å². The molecular formula is C29H24Si. The highest BCUT2D eigenvalue weighted by Crippen LogP contribution is 2.14. The molecule has 30 heavy (non-hydrogen) atoms. The maximum atomic E-state index is 3.85. The summed E-state index contributed by atoms with van der Waals surface area (Å²) < 4.78 is 0. The van der Waals surface area contributed by atoms with E-state index in [1.165, 1.54) is 15.6 Å². The van der Waals surface area contributed by atoms with Gasteiger partial charge in [-0.1, -0.05) is 133 Å².